The average molecular weight is 420 g/mol. The molecule has 0 saturated heterocycles. The molecule has 1 aliphatic rings. The number of nitrogens with two attached hydrogens (primary N) is 1. The van der Waals surface area contributed by atoms with Crippen molar-refractivity contribution in [2.24, 2.45) is 5.73 Å². The van der Waals surface area contributed by atoms with Gasteiger partial charge in [0.2, 0.25) is 5.91 Å². The second-order valence-corrected chi connectivity index (χ2v) is 7.44. The summed E-state index contributed by atoms with van der Waals surface area (Å²) in [6.45, 7) is 0.390. The zero-order valence-electron chi connectivity index (χ0n) is 16.4. The van der Waals surface area contributed by atoms with Crippen LogP contribution in [0, 0.1) is 11.6 Å². The number of hydrogen-bond acceptors (Lipinski definition) is 5. The number of fused-ring (bicyclic) bond motifs is 2. The molecule has 2 heterocycles. The molecule has 1 amide bonds. The van der Waals surface area contributed by atoms with E-state index >= 15 is 0 Å². The number of primary amides is 1. The van der Waals surface area contributed by atoms with Crippen molar-refractivity contribution in [3.63, 3.8) is 0 Å². The van der Waals surface area contributed by atoms with Gasteiger partial charge < -0.3 is 11.1 Å². The van der Waals surface area contributed by atoms with E-state index < -0.39 is 11.7 Å². The van der Waals surface area contributed by atoms with E-state index in [2.05, 4.69) is 20.4 Å². The predicted molar refractivity (Wildman–Crippen MR) is 111 cm³/mol. The van der Waals surface area contributed by atoms with Crippen molar-refractivity contribution in [2.75, 3.05) is 5.32 Å². The number of aryl methyl sites for hydroxylation is 1. The van der Waals surface area contributed by atoms with Crippen LogP contribution in [0.3, 0.4) is 0 Å². The van der Waals surface area contributed by atoms with Crippen molar-refractivity contribution < 1.29 is 13.6 Å². The molecule has 5 rings (SSSR count). The summed E-state index contributed by atoms with van der Waals surface area (Å²) in [6.07, 6.45) is 4.02. The minimum absolute atomic E-state index is 0.0480. The summed E-state index contributed by atoms with van der Waals surface area (Å²) >= 11 is 0. The van der Waals surface area contributed by atoms with Gasteiger partial charge in [-0.1, -0.05) is 12.1 Å². The lowest BCUT2D eigenvalue weighted by molar-refractivity contribution is 0.100. The zero-order valence-corrected chi connectivity index (χ0v) is 16.4. The van der Waals surface area contributed by atoms with Crippen LogP contribution in [-0.4, -0.2) is 25.7 Å². The third-order valence-corrected chi connectivity index (χ3v) is 5.38. The van der Waals surface area contributed by atoms with E-state index in [1.54, 1.807) is 6.07 Å². The second-order valence-electron chi connectivity index (χ2n) is 7.44. The van der Waals surface area contributed by atoms with Gasteiger partial charge in [0.1, 0.15) is 17.5 Å². The van der Waals surface area contributed by atoms with Gasteiger partial charge >= 0.3 is 0 Å². The molecule has 0 spiro atoms. The Kier molecular flexibility index (Phi) is 4.58. The molecular weight excluding hydrogens is 402 g/mol. The number of carbonyl (C=O) groups excluding carboxylic acids is 1. The highest BCUT2D eigenvalue weighted by molar-refractivity contribution is 6.05. The Bertz CT molecular complexity index is 1330. The average Bonchev–Trinajstić information content (AvgIpc) is 3.38. The lowest BCUT2D eigenvalue weighted by Crippen LogP contribution is -2.13. The van der Waals surface area contributed by atoms with Crippen LogP contribution in [-0.2, 0) is 19.4 Å². The van der Waals surface area contributed by atoms with Crippen molar-refractivity contribution in [3.05, 3.63) is 76.6 Å². The SMILES string of the molecule is NC(=O)c1cc(F)cc2c1cnn2-c1nc2c(c(NCc3cccc(F)c3)n1)CCC2. The van der Waals surface area contributed by atoms with Crippen LogP contribution in [0.4, 0.5) is 14.6 Å². The number of carbonyl (C=O) groups is 1. The number of hydrogen-bond donors (Lipinski definition) is 2. The maximum Gasteiger partial charge on any atom is 0.253 e. The molecule has 9 heteroatoms. The van der Waals surface area contributed by atoms with Crippen molar-refractivity contribution in [1.29, 1.82) is 0 Å². The first-order valence-corrected chi connectivity index (χ1v) is 9.85. The number of aromatic nitrogens is 4. The Morgan fingerprint density at radius 2 is 2.00 bits per heavy atom. The van der Waals surface area contributed by atoms with Crippen LogP contribution in [0.25, 0.3) is 16.9 Å². The van der Waals surface area contributed by atoms with E-state index in [-0.39, 0.29) is 17.3 Å². The molecule has 0 saturated carbocycles. The van der Waals surface area contributed by atoms with Gasteiger partial charge in [-0.05, 0) is 43.0 Å². The summed E-state index contributed by atoms with van der Waals surface area (Å²) < 4.78 is 29.0. The molecule has 1 aliphatic carbocycles. The largest absolute Gasteiger partial charge is 0.366 e. The van der Waals surface area contributed by atoms with E-state index in [1.807, 2.05) is 6.07 Å². The van der Waals surface area contributed by atoms with E-state index in [1.165, 1.54) is 29.1 Å². The van der Waals surface area contributed by atoms with Crippen LogP contribution < -0.4 is 11.1 Å². The molecule has 31 heavy (non-hydrogen) atoms. The van der Waals surface area contributed by atoms with Gasteiger partial charge in [0.25, 0.3) is 5.95 Å². The summed E-state index contributed by atoms with van der Waals surface area (Å²) in [6, 6.07) is 8.70. The van der Waals surface area contributed by atoms with Gasteiger partial charge in [0, 0.05) is 23.6 Å². The third kappa shape index (κ3) is 3.48. The molecule has 0 aliphatic heterocycles. The highest BCUT2D eigenvalue weighted by Crippen LogP contribution is 2.29. The first-order valence-electron chi connectivity index (χ1n) is 9.85. The maximum atomic E-state index is 14.1. The number of amides is 1. The van der Waals surface area contributed by atoms with E-state index in [0.717, 1.165) is 42.1 Å². The van der Waals surface area contributed by atoms with Gasteiger partial charge in [0.15, 0.2) is 0 Å². The highest BCUT2D eigenvalue weighted by Gasteiger charge is 2.22. The first kappa shape index (κ1) is 19.1. The number of benzene rings is 2. The van der Waals surface area contributed by atoms with Gasteiger partial charge in [0.05, 0.1) is 23.0 Å². The predicted octanol–water partition coefficient (Wildman–Crippen LogP) is 3.29. The summed E-state index contributed by atoms with van der Waals surface area (Å²) in [5.74, 6) is -0.747. The Balaban J connectivity index is 1.58. The Hall–Kier alpha value is -3.88. The van der Waals surface area contributed by atoms with Gasteiger partial charge in [-0.3, -0.25) is 4.79 Å². The summed E-state index contributed by atoms with van der Waals surface area (Å²) in [4.78, 5) is 21.0. The molecule has 0 fully saturated rings. The monoisotopic (exact) mass is 420 g/mol. The maximum absolute atomic E-state index is 14.1. The van der Waals surface area contributed by atoms with Crippen LogP contribution in [0.2, 0.25) is 0 Å². The molecule has 156 valence electrons. The standard InChI is InChI=1S/C22H18F2N6O/c23-13-4-1-3-12(7-13)10-26-21-15-5-2-6-18(15)28-22(29-21)30-19-9-14(24)8-16(20(25)31)17(19)11-27-30/h1,3-4,7-9,11H,2,5-6,10H2,(H2,25,31)(H,26,28,29). The molecule has 7 nitrogen and oxygen atoms in total. The fourth-order valence-electron chi connectivity index (χ4n) is 3.95. The molecule has 2 aromatic heterocycles. The van der Waals surface area contributed by atoms with Crippen LogP contribution >= 0.6 is 0 Å². The summed E-state index contributed by atoms with van der Waals surface area (Å²) in [7, 11) is 0. The molecule has 0 unspecified atom stereocenters. The Morgan fingerprint density at radius 3 is 2.81 bits per heavy atom. The number of nitrogens with zero attached hydrogens (tertiary/aromatic N) is 4. The molecular formula is C22H18F2N6O. The van der Waals surface area contributed by atoms with E-state index in [9.17, 15) is 13.6 Å². The minimum Gasteiger partial charge on any atom is -0.366 e. The third-order valence-electron chi connectivity index (χ3n) is 5.38. The quantitative estimate of drug-likeness (QED) is 0.516. The number of halogens is 2. The fourth-order valence-corrected chi connectivity index (χ4v) is 3.95. The van der Waals surface area contributed by atoms with Gasteiger partial charge in [-0.15, -0.1) is 0 Å². The number of anilines is 1. The smallest absolute Gasteiger partial charge is 0.253 e. The zero-order chi connectivity index (χ0) is 21.5. The minimum atomic E-state index is -0.739. The molecule has 4 aromatic rings. The van der Waals surface area contributed by atoms with E-state index in [4.69, 9.17) is 5.73 Å². The van der Waals surface area contributed by atoms with Crippen LogP contribution in [0.15, 0.2) is 42.6 Å². The normalized spacial score (nSPS) is 12.8. The van der Waals surface area contributed by atoms with Crippen molar-refractivity contribution in [3.8, 4) is 5.95 Å². The molecule has 0 atom stereocenters. The topological polar surface area (TPSA) is 98.7 Å². The van der Waals surface area contributed by atoms with Crippen molar-refractivity contribution >= 4 is 22.6 Å². The van der Waals surface area contributed by atoms with Crippen molar-refractivity contribution in [2.45, 2.75) is 25.8 Å². The fraction of sp³-hybridized carbons (Fsp3) is 0.182. The number of nitrogens with one attached hydrogen (secondary N) is 1. The van der Waals surface area contributed by atoms with Crippen LogP contribution in [0.1, 0.15) is 33.6 Å². The molecule has 3 N–H and O–H groups in total. The van der Waals surface area contributed by atoms with E-state index in [0.29, 0.717) is 23.3 Å². The lowest BCUT2D eigenvalue weighted by atomic mass is 10.1. The molecule has 0 radical (unpaired) electrons. The van der Waals surface area contributed by atoms with Crippen molar-refractivity contribution in [1.82, 2.24) is 19.7 Å². The Morgan fingerprint density at radius 1 is 1.13 bits per heavy atom. The van der Waals surface area contributed by atoms with Gasteiger partial charge in [-0.2, -0.15) is 14.8 Å². The Labute approximate surface area is 175 Å². The lowest BCUT2D eigenvalue weighted by Gasteiger charge is -2.13. The first-order chi connectivity index (χ1) is 15.0. The van der Waals surface area contributed by atoms with Gasteiger partial charge in [-0.25, -0.2) is 13.8 Å². The second kappa shape index (κ2) is 7.42. The number of rotatable bonds is 5. The van der Waals surface area contributed by atoms with Crippen LogP contribution in [0.5, 0.6) is 0 Å². The molecule has 2 aromatic carbocycles. The summed E-state index contributed by atoms with van der Waals surface area (Å²) in [5, 5.41) is 7.98. The summed E-state index contributed by atoms with van der Waals surface area (Å²) in [5.41, 5.74) is 8.47. The highest BCUT2D eigenvalue weighted by atomic mass is 19.1. The molecule has 0 bridgehead atoms.